The van der Waals surface area contributed by atoms with Gasteiger partial charge in [0.2, 0.25) is 0 Å². The van der Waals surface area contributed by atoms with E-state index in [-0.39, 0.29) is 5.82 Å². The lowest BCUT2D eigenvalue weighted by molar-refractivity contribution is 0.626. The monoisotopic (exact) mass is 414 g/mol. The van der Waals surface area contributed by atoms with Crippen molar-refractivity contribution in [2.45, 2.75) is 20.4 Å². The Labute approximate surface area is 174 Å². The van der Waals surface area contributed by atoms with Crippen LogP contribution in [0.1, 0.15) is 22.4 Å². The highest BCUT2D eigenvalue weighted by Crippen LogP contribution is 2.19. The van der Waals surface area contributed by atoms with E-state index in [9.17, 15) is 4.39 Å². The van der Waals surface area contributed by atoms with E-state index in [0.717, 1.165) is 28.1 Å². The Bertz CT molecular complexity index is 1030. The number of anilines is 1. The molecule has 0 aliphatic heterocycles. The Balaban J connectivity index is 1.63. The van der Waals surface area contributed by atoms with Crippen LogP contribution in [0.25, 0.3) is 0 Å². The zero-order valence-corrected chi connectivity index (χ0v) is 17.1. The second-order valence-corrected chi connectivity index (χ2v) is 7.25. The summed E-state index contributed by atoms with van der Waals surface area (Å²) in [5.41, 5.74) is 7.71. The number of nitrogens with zero attached hydrogens (tertiary/aromatic N) is 2. The van der Waals surface area contributed by atoms with Gasteiger partial charge in [-0.15, -0.1) is 0 Å². The molecule has 7 heteroatoms. The number of hydrogen-bond acceptors (Lipinski definition) is 2. The number of benzene rings is 2. The first kappa shape index (κ1) is 20.0. The molecular formula is C21H20ClFN4S. The molecule has 3 rings (SSSR count). The first-order valence-corrected chi connectivity index (χ1v) is 9.47. The number of aryl methyl sites for hydroxylation is 2. The van der Waals surface area contributed by atoms with E-state index in [1.54, 1.807) is 12.3 Å². The van der Waals surface area contributed by atoms with Crippen LogP contribution in [-0.2, 0) is 6.54 Å². The molecule has 28 heavy (non-hydrogen) atoms. The molecule has 0 saturated heterocycles. The lowest BCUT2D eigenvalue weighted by Crippen LogP contribution is -2.24. The van der Waals surface area contributed by atoms with Crippen molar-refractivity contribution < 1.29 is 4.39 Å². The minimum Gasteiger partial charge on any atom is -0.342 e. The van der Waals surface area contributed by atoms with Crippen molar-refractivity contribution in [1.29, 1.82) is 0 Å². The van der Waals surface area contributed by atoms with Crippen LogP contribution in [0, 0.1) is 19.7 Å². The molecule has 0 saturated carbocycles. The van der Waals surface area contributed by atoms with Crippen molar-refractivity contribution in [2.75, 3.05) is 5.32 Å². The molecule has 0 amide bonds. The Kier molecular flexibility index (Phi) is 6.44. The molecule has 0 bridgehead atoms. The third-order valence-corrected chi connectivity index (χ3v) is 4.77. The van der Waals surface area contributed by atoms with Crippen molar-refractivity contribution in [3.8, 4) is 0 Å². The Morgan fingerprint density at radius 1 is 1.21 bits per heavy atom. The number of hydrogen-bond donors (Lipinski definition) is 2. The summed E-state index contributed by atoms with van der Waals surface area (Å²) in [6.45, 7) is 4.56. The Hall–Kier alpha value is -2.70. The Morgan fingerprint density at radius 2 is 2.04 bits per heavy atom. The molecule has 1 heterocycles. The average molecular weight is 415 g/mol. The van der Waals surface area contributed by atoms with Crippen molar-refractivity contribution in [1.82, 2.24) is 9.99 Å². The maximum absolute atomic E-state index is 13.2. The Morgan fingerprint density at radius 3 is 2.82 bits per heavy atom. The zero-order valence-electron chi connectivity index (χ0n) is 15.5. The molecular weight excluding hydrogens is 395 g/mol. The van der Waals surface area contributed by atoms with Gasteiger partial charge in [0.05, 0.1) is 11.9 Å². The number of aromatic nitrogens is 1. The molecule has 0 aliphatic rings. The van der Waals surface area contributed by atoms with Crippen LogP contribution in [0.15, 0.2) is 59.8 Å². The smallest absolute Gasteiger partial charge is 0.191 e. The van der Waals surface area contributed by atoms with Crippen LogP contribution in [0.3, 0.4) is 0 Å². The first-order chi connectivity index (χ1) is 13.4. The topological polar surface area (TPSA) is 41.4 Å². The lowest BCUT2D eigenvalue weighted by atomic mass is 10.1. The molecule has 4 nitrogen and oxygen atoms in total. The summed E-state index contributed by atoms with van der Waals surface area (Å²) < 4.78 is 15.2. The van der Waals surface area contributed by atoms with Crippen molar-refractivity contribution >= 4 is 40.8 Å². The molecule has 0 atom stereocenters. The largest absolute Gasteiger partial charge is 0.342 e. The van der Waals surface area contributed by atoms with E-state index in [1.807, 2.05) is 48.9 Å². The van der Waals surface area contributed by atoms with Gasteiger partial charge in [-0.2, -0.15) is 5.10 Å². The van der Waals surface area contributed by atoms with E-state index in [4.69, 9.17) is 23.8 Å². The first-order valence-electron chi connectivity index (χ1n) is 8.69. The van der Waals surface area contributed by atoms with Crippen LogP contribution in [-0.4, -0.2) is 15.9 Å². The molecule has 2 aromatic carbocycles. The van der Waals surface area contributed by atoms with Gasteiger partial charge in [0.25, 0.3) is 0 Å². The summed E-state index contributed by atoms with van der Waals surface area (Å²) in [6.07, 6.45) is 3.59. The zero-order chi connectivity index (χ0) is 20.1. The normalized spacial score (nSPS) is 11.0. The van der Waals surface area contributed by atoms with Gasteiger partial charge < -0.3 is 9.88 Å². The van der Waals surface area contributed by atoms with Gasteiger partial charge in [0, 0.05) is 23.5 Å². The minimum absolute atomic E-state index is 0.350. The molecule has 0 fully saturated rings. The second-order valence-electron chi connectivity index (χ2n) is 6.44. The van der Waals surface area contributed by atoms with Crippen LogP contribution in [0.4, 0.5) is 10.1 Å². The number of halogens is 2. The van der Waals surface area contributed by atoms with Gasteiger partial charge in [-0.1, -0.05) is 29.8 Å². The third kappa shape index (κ3) is 5.18. The standard InChI is InChI=1S/C21H20ClFN4S/c1-14-5-6-15(2)20(10-14)25-21(28)26-24-12-18-4-3-9-27(18)13-16-7-8-17(23)11-19(16)22/h3-12H,13H2,1-2H3,(H2,25,26,28). The van der Waals surface area contributed by atoms with Gasteiger partial charge in [-0.25, -0.2) is 4.39 Å². The predicted molar refractivity (Wildman–Crippen MR) is 118 cm³/mol. The molecule has 0 spiro atoms. The van der Waals surface area contributed by atoms with Crippen molar-refractivity contribution in [3.63, 3.8) is 0 Å². The van der Waals surface area contributed by atoms with Gasteiger partial charge in [-0.05, 0) is 73.1 Å². The van der Waals surface area contributed by atoms with Crippen LogP contribution in [0.2, 0.25) is 5.02 Å². The summed E-state index contributed by atoms with van der Waals surface area (Å²) >= 11 is 11.4. The van der Waals surface area contributed by atoms with E-state index in [2.05, 4.69) is 21.9 Å². The lowest BCUT2D eigenvalue weighted by Gasteiger charge is -2.11. The number of hydrazone groups is 1. The SMILES string of the molecule is Cc1ccc(C)c(NC(=S)NN=Cc2cccn2Cc2ccc(F)cc2Cl)c1. The van der Waals surface area contributed by atoms with E-state index < -0.39 is 0 Å². The molecule has 144 valence electrons. The number of rotatable bonds is 5. The average Bonchev–Trinajstić information content (AvgIpc) is 3.08. The maximum Gasteiger partial charge on any atom is 0.191 e. The molecule has 2 N–H and O–H groups in total. The fourth-order valence-electron chi connectivity index (χ4n) is 2.70. The predicted octanol–water partition coefficient (Wildman–Crippen LogP) is 5.27. The van der Waals surface area contributed by atoms with Crippen LogP contribution in [0.5, 0.6) is 0 Å². The third-order valence-electron chi connectivity index (χ3n) is 4.22. The highest BCUT2D eigenvalue weighted by Gasteiger charge is 2.05. The summed E-state index contributed by atoms with van der Waals surface area (Å²) in [6, 6.07) is 14.3. The summed E-state index contributed by atoms with van der Waals surface area (Å²) in [4.78, 5) is 0. The van der Waals surface area contributed by atoms with Gasteiger partial charge in [-0.3, -0.25) is 5.43 Å². The van der Waals surface area contributed by atoms with E-state index >= 15 is 0 Å². The fraction of sp³-hybridized carbons (Fsp3) is 0.143. The summed E-state index contributed by atoms with van der Waals surface area (Å²) in [5, 5.41) is 8.16. The van der Waals surface area contributed by atoms with Gasteiger partial charge in [0.15, 0.2) is 5.11 Å². The maximum atomic E-state index is 13.2. The van der Waals surface area contributed by atoms with Gasteiger partial charge >= 0.3 is 0 Å². The molecule has 0 radical (unpaired) electrons. The van der Waals surface area contributed by atoms with Crippen LogP contribution >= 0.6 is 23.8 Å². The second kappa shape index (κ2) is 8.99. The molecule has 1 aromatic heterocycles. The number of nitrogens with one attached hydrogen (secondary N) is 2. The van der Waals surface area contributed by atoms with Crippen molar-refractivity contribution in [2.24, 2.45) is 5.10 Å². The molecule has 3 aromatic rings. The molecule has 0 unspecified atom stereocenters. The minimum atomic E-state index is -0.350. The van der Waals surface area contributed by atoms with Crippen LogP contribution < -0.4 is 10.7 Å². The summed E-state index contributed by atoms with van der Waals surface area (Å²) in [7, 11) is 0. The van der Waals surface area contributed by atoms with E-state index in [1.165, 1.54) is 12.1 Å². The quantitative estimate of drug-likeness (QED) is 0.339. The van der Waals surface area contributed by atoms with Gasteiger partial charge in [0.1, 0.15) is 5.82 Å². The number of thiocarbonyl (C=S) groups is 1. The highest BCUT2D eigenvalue weighted by atomic mass is 35.5. The van der Waals surface area contributed by atoms with Crippen molar-refractivity contribution in [3.05, 3.63) is 88.0 Å². The highest BCUT2D eigenvalue weighted by molar-refractivity contribution is 7.80. The molecule has 0 aliphatic carbocycles. The van der Waals surface area contributed by atoms with E-state index in [0.29, 0.717) is 16.7 Å². The fourth-order valence-corrected chi connectivity index (χ4v) is 3.09. The summed E-state index contributed by atoms with van der Waals surface area (Å²) in [5.74, 6) is -0.350.